The molecule has 1 aliphatic carbocycles. The Morgan fingerprint density at radius 3 is 2.57 bits per heavy atom. The van der Waals surface area contributed by atoms with Crippen LogP contribution in [0.5, 0.6) is 0 Å². The molecule has 0 bridgehead atoms. The van der Waals surface area contributed by atoms with Crippen molar-refractivity contribution < 1.29 is 4.52 Å². The summed E-state index contributed by atoms with van der Waals surface area (Å²) in [6, 6.07) is 10.6. The molecule has 1 aromatic heterocycles. The van der Waals surface area contributed by atoms with Crippen LogP contribution in [0.15, 0.2) is 34.9 Å². The first-order chi connectivity index (χ1) is 10.3. The third kappa shape index (κ3) is 2.60. The Balaban J connectivity index is 2.02. The van der Waals surface area contributed by atoms with Gasteiger partial charge in [-0.2, -0.15) is 4.98 Å². The lowest BCUT2D eigenvalue weighted by atomic mass is 9.69. The van der Waals surface area contributed by atoms with Gasteiger partial charge in [0.1, 0.15) is 0 Å². The van der Waals surface area contributed by atoms with Crippen LogP contribution in [-0.4, -0.2) is 16.7 Å². The topological polar surface area (TPSA) is 64.9 Å². The highest BCUT2D eigenvalue weighted by Gasteiger charge is 2.40. The highest BCUT2D eigenvalue weighted by molar-refractivity contribution is 5.33. The second kappa shape index (κ2) is 5.98. The van der Waals surface area contributed by atoms with Crippen LogP contribution in [0, 0.1) is 0 Å². The second-order valence-electron chi connectivity index (χ2n) is 6.10. The number of benzene rings is 1. The Bertz CT molecular complexity index is 573. The molecule has 2 aromatic rings. The van der Waals surface area contributed by atoms with Crippen LogP contribution in [0.1, 0.15) is 62.2 Å². The number of aromatic nitrogens is 2. The van der Waals surface area contributed by atoms with Crippen LogP contribution in [0.4, 0.5) is 0 Å². The van der Waals surface area contributed by atoms with Gasteiger partial charge in [-0.1, -0.05) is 61.7 Å². The summed E-state index contributed by atoms with van der Waals surface area (Å²) in [5, 5.41) is 4.32. The maximum Gasteiger partial charge on any atom is 0.230 e. The van der Waals surface area contributed by atoms with Crippen molar-refractivity contribution in [2.24, 2.45) is 5.73 Å². The highest BCUT2D eigenvalue weighted by atomic mass is 16.5. The second-order valence-corrected chi connectivity index (χ2v) is 6.10. The minimum atomic E-state index is -0.0877. The molecule has 1 aliphatic rings. The lowest BCUT2D eigenvalue weighted by Gasteiger charge is -2.35. The molecule has 21 heavy (non-hydrogen) atoms. The van der Waals surface area contributed by atoms with Crippen molar-refractivity contribution in [3.05, 3.63) is 47.6 Å². The SMILES string of the molecule is CC(CN)c1nc(C2(c3ccccc3)CCCCC2)no1. The maximum atomic E-state index is 5.71. The zero-order valence-corrected chi connectivity index (χ0v) is 12.6. The van der Waals surface area contributed by atoms with Crippen molar-refractivity contribution >= 4 is 0 Å². The first-order valence-corrected chi connectivity index (χ1v) is 7.86. The normalized spacial score (nSPS) is 19.3. The van der Waals surface area contributed by atoms with E-state index < -0.39 is 0 Å². The van der Waals surface area contributed by atoms with Crippen molar-refractivity contribution in [2.75, 3.05) is 6.54 Å². The first kappa shape index (κ1) is 14.3. The molecule has 4 heteroatoms. The van der Waals surface area contributed by atoms with Crippen molar-refractivity contribution in [1.82, 2.24) is 10.1 Å². The van der Waals surface area contributed by atoms with Crippen molar-refractivity contribution in [3.63, 3.8) is 0 Å². The molecule has 1 aromatic carbocycles. The summed E-state index contributed by atoms with van der Waals surface area (Å²) >= 11 is 0. The lowest BCUT2D eigenvalue weighted by Crippen LogP contribution is -2.31. The van der Waals surface area contributed by atoms with E-state index in [0.29, 0.717) is 12.4 Å². The van der Waals surface area contributed by atoms with Gasteiger partial charge >= 0.3 is 0 Å². The lowest BCUT2D eigenvalue weighted by molar-refractivity contribution is 0.306. The van der Waals surface area contributed by atoms with Crippen molar-refractivity contribution in [1.29, 1.82) is 0 Å². The highest BCUT2D eigenvalue weighted by Crippen LogP contribution is 2.43. The molecule has 0 spiro atoms. The van der Waals surface area contributed by atoms with E-state index in [2.05, 4.69) is 35.5 Å². The molecule has 0 radical (unpaired) electrons. The third-order valence-corrected chi connectivity index (χ3v) is 4.68. The standard InChI is InChI=1S/C17H23N3O/c1-13(12-18)15-19-16(20-21-15)17(10-6-3-7-11-17)14-8-4-2-5-9-14/h2,4-5,8-9,13H,3,6-7,10-12,18H2,1H3. The summed E-state index contributed by atoms with van der Waals surface area (Å²) in [5.41, 5.74) is 6.92. The molecule has 1 atom stereocenters. The van der Waals surface area contributed by atoms with Gasteiger partial charge in [0.25, 0.3) is 0 Å². The quantitative estimate of drug-likeness (QED) is 0.935. The van der Waals surface area contributed by atoms with E-state index in [9.17, 15) is 0 Å². The van der Waals surface area contributed by atoms with Gasteiger partial charge in [0, 0.05) is 12.5 Å². The molecule has 4 nitrogen and oxygen atoms in total. The van der Waals surface area contributed by atoms with Crippen LogP contribution in [0.25, 0.3) is 0 Å². The van der Waals surface area contributed by atoms with Crippen molar-refractivity contribution in [2.45, 2.75) is 50.4 Å². The third-order valence-electron chi connectivity index (χ3n) is 4.68. The van der Waals surface area contributed by atoms with E-state index in [-0.39, 0.29) is 11.3 Å². The first-order valence-electron chi connectivity index (χ1n) is 7.86. The van der Waals surface area contributed by atoms with Gasteiger partial charge in [-0.15, -0.1) is 0 Å². The van der Waals surface area contributed by atoms with E-state index in [4.69, 9.17) is 15.2 Å². The Morgan fingerprint density at radius 2 is 1.90 bits per heavy atom. The predicted octanol–water partition coefficient (Wildman–Crippen LogP) is 3.38. The number of hydrogen-bond donors (Lipinski definition) is 1. The van der Waals surface area contributed by atoms with Crippen LogP contribution >= 0.6 is 0 Å². The summed E-state index contributed by atoms with van der Waals surface area (Å²) in [6.45, 7) is 2.55. The molecule has 1 unspecified atom stereocenters. The Morgan fingerprint density at radius 1 is 1.19 bits per heavy atom. The minimum absolute atomic E-state index is 0.0877. The number of rotatable bonds is 4. The van der Waals surface area contributed by atoms with Gasteiger partial charge in [0.05, 0.1) is 5.41 Å². The fourth-order valence-electron chi connectivity index (χ4n) is 3.28. The molecule has 0 aliphatic heterocycles. The van der Waals surface area contributed by atoms with Gasteiger partial charge < -0.3 is 10.3 Å². The van der Waals surface area contributed by atoms with Crippen molar-refractivity contribution in [3.8, 4) is 0 Å². The molecule has 1 saturated carbocycles. The van der Waals surface area contributed by atoms with Gasteiger partial charge in [0.15, 0.2) is 5.82 Å². The number of nitrogens with zero attached hydrogens (tertiary/aromatic N) is 2. The molecule has 0 amide bonds. The van der Waals surface area contributed by atoms with E-state index in [0.717, 1.165) is 18.7 Å². The van der Waals surface area contributed by atoms with E-state index in [1.807, 2.05) is 6.92 Å². The van der Waals surface area contributed by atoms with Gasteiger partial charge in [-0.05, 0) is 18.4 Å². The van der Waals surface area contributed by atoms with E-state index >= 15 is 0 Å². The predicted molar refractivity (Wildman–Crippen MR) is 82.1 cm³/mol. The van der Waals surface area contributed by atoms with Gasteiger partial charge in [-0.25, -0.2) is 0 Å². The number of nitrogens with two attached hydrogens (primary N) is 1. The molecule has 0 saturated heterocycles. The zero-order valence-electron chi connectivity index (χ0n) is 12.6. The van der Waals surface area contributed by atoms with Crippen LogP contribution in [-0.2, 0) is 5.41 Å². The molecule has 112 valence electrons. The fraction of sp³-hybridized carbons (Fsp3) is 0.529. The van der Waals surface area contributed by atoms with Gasteiger partial charge in [-0.3, -0.25) is 0 Å². The summed E-state index contributed by atoms with van der Waals surface area (Å²) in [7, 11) is 0. The molecule has 1 heterocycles. The molecule has 1 fully saturated rings. The summed E-state index contributed by atoms with van der Waals surface area (Å²) in [4.78, 5) is 4.70. The Hall–Kier alpha value is -1.68. The zero-order chi connectivity index (χ0) is 14.7. The van der Waals surface area contributed by atoms with Crippen LogP contribution in [0.3, 0.4) is 0 Å². The fourth-order valence-corrected chi connectivity index (χ4v) is 3.28. The molecular weight excluding hydrogens is 262 g/mol. The largest absolute Gasteiger partial charge is 0.339 e. The Labute approximate surface area is 125 Å². The summed E-state index contributed by atoms with van der Waals surface area (Å²) in [5.74, 6) is 1.61. The molecular formula is C17H23N3O. The van der Waals surface area contributed by atoms with Crippen LogP contribution < -0.4 is 5.73 Å². The minimum Gasteiger partial charge on any atom is -0.339 e. The van der Waals surface area contributed by atoms with Gasteiger partial charge in [0.2, 0.25) is 5.89 Å². The molecule has 2 N–H and O–H groups in total. The van der Waals surface area contributed by atoms with Crippen LogP contribution in [0.2, 0.25) is 0 Å². The average Bonchev–Trinajstić information content (AvgIpc) is 3.06. The van der Waals surface area contributed by atoms with E-state index in [1.165, 1.54) is 24.8 Å². The monoisotopic (exact) mass is 285 g/mol. The summed E-state index contributed by atoms with van der Waals surface area (Å²) < 4.78 is 5.48. The van der Waals surface area contributed by atoms with E-state index in [1.54, 1.807) is 0 Å². The Kier molecular flexibility index (Phi) is 4.06. The maximum absolute atomic E-state index is 5.71. The summed E-state index contributed by atoms with van der Waals surface area (Å²) in [6.07, 6.45) is 5.90. The number of hydrogen-bond acceptors (Lipinski definition) is 4. The smallest absolute Gasteiger partial charge is 0.230 e. The molecule has 3 rings (SSSR count). The average molecular weight is 285 g/mol.